The molecule has 0 amide bonds. The van der Waals surface area contributed by atoms with Crippen LogP contribution in [0.4, 0.5) is 5.69 Å². The zero-order valence-corrected chi connectivity index (χ0v) is 14.6. The molecule has 0 aliphatic carbocycles. The Morgan fingerprint density at radius 2 is 1.96 bits per heavy atom. The molecule has 4 rings (SSSR count). The molecular formula is C22H24N2O. The molecular weight excluding hydrogens is 308 g/mol. The van der Waals surface area contributed by atoms with Crippen molar-refractivity contribution < 1.29 is 5.11 Å². The predicted molar refractivity (Wildman–Crippen MR) is 103 cm³/mol. The summed E-state index contributed by atoms with van der Waals surface area (Å²) >= 11 is 0. The number of anilines is 1. The Morgan fingerprint density at radius 3 is 2.76 bits per heavy atom. The Kier molecular flexibility index (Phi) is 4.41. The van der Waals surface area contributed by atoms with E-state index in [1.807, 2.05) is 6.20 Å². The van der Waals surface area contributed by atoms with E-state index in [4.69, 9.17) is 0 Å². The van der Waals surface area contributed by atoms with Gasteiger partial charge in [-0.3, -0.25) is 4.98 Å². The molecule has 1 N–H and O–H groups in total. The molecule has 1 fully saturated rings. The van der Waals surface area contributed by atoms with E-state index in [2.05, 4.69) is 71.4 Å². The Labute approximate surface area is 148 Å². The maximum atomic E-state index is 10.0. The smallest absolute Gasteiger partial charge is 0.0722 e. The van der Waals surface area contributed by atoms with E-state index in [-0.39, 0.29) is 12.5 Å². The lowest BCUT2D eigenvalue weighted by molar-refractivity contribution is 0.190. The fraction of sp³-hybridized carbons (Fsp3) is 0.318. The monoisotopic (exact) mass is 332 g/mol. The summed E-state index contributed by atoms with van der Waals surface area (Å²) in [6, 6.07) is 19.1. The van der Waals surface area contributed by atoms with Crippen molar-refractivity contribution in [3.05, 3.63) is 71.9 Å². The number of hydrogen-bond acceptors (Lipinski definition) is 3. The van der Waals surface area contributed by atoms with Crippen LogP contribution in [0.1, 0.15) is 23.5 Å². The number of piperidine rings is 1. The number of nitrogens with zero attached hydrogens (tertiary/aromatic N) is 2. The summed E-state index contributed by atoms with van der Waals surface area (Å²) in [5.41, 5.74) is 4.86. The van der Waals surface area contributed by atoms with Crippen LogP contribution in [0.3, 0.4) is 0 Å². The molecule has 1 aliphatic rings. The maximum absolute atomic E-state index is 10.0. The van der Waals surface area contributed by atoms with Gasteiger partial charge in [-0.1, -0.05) is 42.0 Å². The molecule has 0 spiro atoms. The van der Waals surface area contributed by atoms with Gasteiger partial charge in [0.1, 0.15) is 0 Å². The van der Waals surface area contributed by atoms with Gasteiger partial charge in [0.15, 0.2) is 0 Å². The normalized spacial score (nSPS) is 20.8. The summed E-state index contributed by atoms with van der Waals surface area (Å²) in [5.74, 6) is 0.682. The Balaban J connectivity index is 1.65. The van der Waals surface area contributed by atoms with Crippen LogP contribution in [-0.2, 0) is 0 Å². The highest BCUT2D eigenvalue weighted by Gasteiger charge is 2.30. The third kappa shape index (κ3) is 3.12. The number of aliphatic hydroxyl groups is 1. The second-order valence-corrected chi connectivity index (χ2v) is 7.05. The van der Waals surface area contributed by atoms with Gasteiger partial charge < -0.3 is 10.0 Å². The number of aliphatic hydroxyl groups excluding tert-OH is 1. The van der Waals surface area contributed by atoms with Crippen LogP contribution in [0.25, 0.3) is 10.9 Å². The average Bonchev–Trinajstić information content (AvgIpc) is 2.67. The predicted octanol–water partition coefficient (Wildman–Crippen LogP) is 4.15. The van der Waals surface area contributed by atoms with Gasteiger partial charge in [-0.05, 0) is 43.0 Å². The van der Waals surface area contributed by atoms with Gasteiger partial charge in [0, 0.05) is 42.9 Å². The second-order valence-electron chi connectivity index (χ2n) is 7.05. The highest BCUT2D eigenvalue weighted by molar-refractivity contribution is 5.92. The second kappa shape index (κ2) is 6.85. The summed E-state index contributed by atoms with van der Waals surface area (Å²) in [6.07, 6.45) is 2.95. The van der Waals surface area contributed by atoms with Gasteiger partial charge in [0.25, 0.3) is 0 Å². The number of aromatic nitrogens is 1. The van der Waals surface area contributed by atoms with Gasteiger partial charge in [0.2, 0.25) is 0 Å². The van der Waals surface area contributed by atoms with Crippen LogP contribution >= 0.6 is 0 Å². The summed E-state index contributed by atoms with van der Waals surface area (Å²) < 4.78 is 0. The van der Waals surface area contributed by atoms with E-state index in [9.17, 15) is 5.11 Å². The molecule has 3 nitrogen and oxygen atoms in total. The largest absolute Gasteiger partial charge is 0.396 e. The molecule has 0 bridgehead atoms. The van der Waals surface area contributed by atoms with Crippen molar-refractivity contribution in [1.82, 2.24) is 4.98 Å². The van der Waals surface area contributed by atoms with Gasteiger partial charge in [-0.25, -0.2) is 0 Å². The molecule has 25 heavy (non-hydrogen) atoms. The molecule has 3 aromatic rings. The van der Waals surface area contributed by atoms with E-state index >= 15 is 0 Å². The van der Waals surface area contributed by atoms with E-state index < -0.39 is 0 Å². The molecule has 0 unspecified atom stereocenters. The van der Waals surface area contributed by atoms with Gasteiger partial charge >= 0.3 is 0 Å². The van der Waals surface area contributed by atoms with Crippen LogP contribution in [0.2, 0.25) is 0 Å². The zero-order chi connectivity index (χ0) is 17.2. The van der Waals surface area contributed by atoms with E-state index in [0.29, 0.717) is 5.92 Å². The van der Waals surface area contributed by atoms with Crippen molar-refractivity contribution >= 4 is 16.6 Å². The number of hydrogen-bond donors (Lipinski definition) is 1. The van der Waals surface area contributed by atoms with E-state index in [0.717, 1.165) is 25.0 Å². The first kappa shape index (κ1) is 16.1. The van der Waals surface area contributed by atoms with Crippen molar-refractivity contribution in [1.29, 1.82) is 0 Å². The summed E-state index contributed by atoms with van der Waals surface area (Å²) in [7, 11) is 0. The van der Waals surface area contributed by atoms with Gasteiger partial charge in [-0.15, -0.1) is 0 Å². The minimum Gasteiger partial charge on any atom is -0.396 e. The minimum atomic E-state index is 0.220. The molecule has 2 aromatic carbocycles. The highest BCUT2D eigenvalue weighted by Crippen LogP contribution is 2.36. The van der Waals surface area contributed by atoms with Crippen molar-refractivity contribution in [2.75, 3.05) is 24.6 Å². The number of benzene rings is 2. The Bertz CT molecular complexity index is 862. The first-order valence-corrected chi connectivity index (χ1v) is 9.02. The van der Waals surface area contributed by atoms with Crippen molar-refractivity contribution in [2.45, 2.75) is 19.3 Å². The lowest BCUT2D eigenvalue weighted by Gasteiger charge is -2.39. The molecule has 0 saturated carbocycles. The van der Waals surface area contributed by atoms with Crippen LogP contribution in [0, 0.1) is 12.8 Å². The topological polar surface area (TPSA) is 36.4 Å². The SMILES string of the molecule is Cc1ccc2nccc(N3CC[C@@H](c4ccccc4)[C@@H](CO)C3)c2c1. The van der Waals surface area contributed by atoms with Gasteiger partial charge in [-0.2, -0.15) is 0 Å². The number of fused-ring (bicyclic) bond motifs is 1. The molecule has 2 heterocycles. The number of aryl methyl sites for hydroxylation is 1. The molecule has 128 valence electrons. The number of pyridine rings is 1. The average molecular weight is 332 g/mol. The van der Waals surface area contributed by atoms with Crippen LogP contribution in [0.15, 0.2) is 60.8 Å². The summed E-state index contributed by atoms with van der Waals surface area (Å²) in [4.78, 5) is 6.92. The fourth-order valence-electron chi connectivity index (χ4n) is 4.10. The van der Waals surface area contributed by atoms with Crippen LogP contribution < -0.4 is 4.90 Å². The minimum absolute atomic E-state index is 0.220. The molecule has 0 radical (unpaired) electrons. The Hall–Kier alpha value is -2.39. The third-order valence-electron chi connectivity index (χ3n) is 5.41. The van der Waals surface area contributed by atoms with Crippen molar-refractivity contribution in [3.8, 4) is 0 Å². The zero-order valence-electron chi connectivity index (χ0n) is 14.6. The number of rotatable bonds is 3. The lowest BCUT2D eigenvalue weighted by atomic mass is 9.80. The van der Waals surface area contributed by atoms with Crippen LogP contribution in [-0.4, -0.2) is 29.8 Å². The third-order valence-corrected chi connectivity index (χ3v) is 5.41. The van der Waals surface area contributed by atoms with Crippen molar-refractivity contribution in [3.63, 3.8) is 0 Å². The molecule has 1 saturated heterocycles. The molecule has 2 atom stereocenters. The first-order valence-electron chi connectivity index (χ1n) is 9.02. The maximum Gasteiger partial charge on any atom is 0.0722 e. The molecule has 1 aliphatic heterocycles. The Morgan fingerprint density at radius 1 is 1.12 bits per heavy atom. The van der Waals surface area contributed by atoms with Gasteiger partial charge in [0.05, 0.1) is 5.52 Å². The molecule has 1 aromatic heterocycles. The summed E-state index contributed by atoms with van der Waals surface area (Å²) in [6.45, 7) is 4.22. The fourth-order valence-corrected chi connectivity index (χ4v) is 4.10. The quantitative estimate of drug-likeness (QED) is 0.783. The van der Waals surface area contributed by atoms with Crippen LogP contribution in [0.5, 0.6) is 0 Å². The lowest BCUT2D eigenvalue weighted by Crippen LogP contribution is -2.41. The van der Waals surface area contributed by atoms with Crippen molar-refractivity contribution in [2.24, 2.45) is 5.92 Å². The highest BCUT2D eigenvalue weighted by atomic mass is 16.3. The first-order chi connectivity index (χ1) is 12.3. The summed E-state index contributed by atoms with van der Waals surface area (Å²) in [5, 5.41) is 11.2. The van der Waals surface area contributed by atoms with E-state index in [1.165, 1.54) is 22.2 Å². The van der Waals surface area contributed by atoms with E-state index in [1.54, 1.807) is 0 Å². The standard InChI is InChI=1S/C22H24N2O/c1-16-7-8-21-20(13-16)22(9-11-23-21)24-12-10-19(18(14-24)15-25)17-5-3-2-4-6-17/h2-9,11,13,18-19,25H,10,12,14-15H2,1H3/t18-,19+/m1/s1. The molecule has 3 heteroatoms.